The molecule has 0 amide bonds. The molecule has 0 aromatic carbocycles. The van der Waals surface area contributed by atoms with Gasteiger partial charge in [0.2, 0.25) is 0 Å². The number of rotatable bonds is 1. The Hall–Kier alpha value is 0.243. The van der Waals surface area contributed by atoms with Crippen molar-refractivity contribution in [1.82, 2.24) is 0 Å². The monoisotopic (exact) mass is 215 g/mol. The maximum atomic E-state index is 8.99. The van der Waals surface area contributed by atoms with Gasteiger partial charge in [0, 0.05) is 4.92 Å². The molecule has 36 valence electrons. The van der Waals surface area contributed by atoms with Crippen LogP contribution in [0.2, 0.25) is 0 Å². The Morgan fingerprint density at radius 1 is 1.86 bits per heavy atom. The van der Waals surface area contributed by atoms with Crippen molar-refractivity contribution in [3.05, 3.63) is 22.9 Å². The molecule has 5 heteroatoms. The minimum absolute atomic E-state index is 0.389. The molecule has 0 atom stereocenters. The van der Waals surface area contributed by atoms with Crippen molar-refractivity contribution < 1.29 is 21.3 Å². The summed E-state index contributed by atoms with van der Waals surface area (Å²) < 4.78 is 0. The zero-order valence-electron chi connectivity index (χ0n) is 3.50. The molecule has 0 aliphatic carbocycles. The van der Waals surface area contributed by atoms with Gasteiger partial charge in [-0.2, -0.15) is 0 Å². The van der Waals surface area contributed by atoms with Crippen molar-refractivity contribution in [2.24, 2.45) is 0 Å². The third kappa shape index (κ3) is 22.3. The van der Waals surface area contributed by atoms with Crippen LogP contribution < -0.4 is 0 Å². The first kappa shape index (κ1) is 10.3. The van der Waals surface area contributed by atoms with Gasteiger partial charge in [-0.3, -0.25) is 10.1 Å². The fourth-order valence-electron chi connectivity index (χ4n) is 0. The van der Waals surface area contributed by atoms with Crippen LogP contribution in [0.4, 0.5) is 0 Å². The van der Waals surface area contributed by atoms with Crippen LogP contribution in [-0.2, 0) is 16.3 Å². The summed E-state index contributed by atoms with van der Waals surface area (Å²) in [5.74, 6) is 0. The Morgan fingerprint density at radius 3 is 2.00 bits per heavy atom. The molecular weight excluding hydrogens is 215 g/mol. The van der Waals surface area contributed by atoms with E-state index in [-0.39, 0.29) is 0 Å². The summed E-state index contributed by atoms with van der Waals surface area (Å²) in [6.07, 6.45) is 0.389. The molecule has 0 rings (SSSR count). The Bertz CT molecular complexity index is 66.7. The molecule has 0 spiro atoms. The summed E-state index contributed by atoms with van der Waals surface area (Å²) in [6, 6.07) is 0. The van der Waals surface area contributed by atoms with Crippen LogP contribution in [0.1, 0.15) is 0 Å². The van der Waals surface area contributed by atoms with Gasteiger partial charge in [0.1, 0.15) is 0 Å². The average molecular weight is 217 g/mol. The number of nitro groups is 1. The molecule has 0 aliphatic heterocycles. The number of halogens is 1. The van der Waals surface area contributed by atoms with Gasteiger partial charge < -0.3 is 6.58 Å². The third-order valence-corrected chi connectivity index (χ3v) is 0.122. The molecule has 0 unspecified atom stereocenters. The number of hydrogen-bond donors (Lipinski definition) is 0. The maximum absolute atomic E-state index is 8.99. The van der Waals surface area contributed by atoms with E-state index < -0.39 is 4.92 Å². The van der Waals surface area contributed by atoms with Crippen molar-refractivity contribution in [2.75, 3.05) is 0 Å². The second-order valence-electron chi connectivity index (χ2n) is 0.434. The molecule has 3 nitrogen and oxygen atoms in total. The van der Waals surface area contributed by atoms with E-state index in [9.17, 15) is 0 Å². The quantitative estimate of drug-likeness (QED) is 0.285. The van der Waals surface area contributed by atoms with Crippen LogP contribution in [0, 0.1) is 16.7 Å². The zero-order chi connectivity index (χ0) is 6.28. The normalized spacial score (nSPS) is 5.57. The molecule has 0 N–H and O–H groups in total. The Kier molecular flexibility index (Phi) is 14.0. The Balaban J connectivity index is 0. The van der Waals surface area contributed by atoms with Gasteiger partial charge in [0.15, 0.2) is 0 Å². The van der Waals surface area contributed by atoms with Crippen LogP contribution in [0.5, 0.6) is 0 Å². The Morgan fingerprint density at radius 2 is 2.00 bits per heavy atom. The van der Waals surface area contributed by atoms with Gasteiger partial charge >= 0.3 is 30.0 Å². The molecular formula is C2H2BrNO2Zn. The van der Waals surface area contributed by atoms with Crippen LogP contribution >= 0.6 is 13.6 Å². The minimum atomic E-state index is -0.722. The standard InChI is InChI=1S/C2H2NO2.BrH.Zn/c1-2-3(4)5;;/h1-2H;1H;/q-1;;+2/p-1. The second kappa shape index (κ2) is 9.53. The molecule has 7 heavy (non-hydrogen) atoms. The van der Waals surface area contributed by atoms with Crippen LogP contribution in [-0.4, -0.2) is 4.92 Å². The SMILES string of the molecule is [CH-]=C[N+](=O)[O-].[Zn+][Br]. The average Bonchev–Trinajstić information content (AvgIpc) is 1.73. The topological polar surface area (TPSA) is 43.1 Å². The first-order chi connectivity index (χ1) is 3.27. The summed E-state index contributed by atoms with van der Waals surface area (Å²) in [4.78, 5) is 8.27. The van der Waals surface area contributed by atoms with Crippen molar-refractivity contribution in [2.45, 2.75) is 0 Å². The van der Waals surface area contributed by atoms with Gasteiger partial charge in [0.05, 0.1) is 6.20 Å². The van der Waals surface area contributed by atoms with Gasteiger partial charge in [0.25, 0.3) is 0 Å². The van der Waals surface area contributed by atoms with E-state index in [0.29, 0.717) is 6.20 Å². The molecule has 0 heterocycles. The van der Waals surface area contributed by atoms with E-state index in [1.807, 2.05) is 0 Å². The number of nitrogens with zero attached hydrogens (tertiary/aromatic N) is 1. The first-order valence-corrected chi connectivity index (χ1v) is 8.17. The van der Waals surface area contributed by atoms with Crippen molar-refractivity contribution in [3.63, 3.8) is 0 Å². The molecule has 0 radical (unpaired) electrons. The van der Waals surface area contributed by atoms with Crippen molar-refractivity contribution in [1.29, 1.82) is 0 Å². The van der Waals surface area contributed by atoms with Gasteiger partial charge in [-0.05, 0) is 0 Å². The summed E-state index contributed by atoms with van der Waals surface area (Å²) in [6.45, 7) is 4.35. The van der Waals surface area contributed by atoms with E-state index in [1.165, 1.54) is 16.3 Å². The van der Waals surface area contributed by atoms with Crippen LogP contribution in [0.15, 0.2) is 6.20 Å². The van der Waals surface area contributed by atoms with E-state index in [1.54, 1.807) is 0 Å². The van der Waals surface area contributed by atoms with Crippen LogP contribution in [0.3, 0.4) is 0 Å². The van der Waals surface area contributed by atoms with Gasteiger partial charge in [-0.1, -0.05) is 0 Å². The van der Waals surface area contributed by atoms with E-state index in [2.05, 4.69) is 20.2 Å². The molecule has 0 aliphatic rings. The number of hydrogen-bond acceptors (Lipinski definition) is 2. The van der Waals surface area contributed by atoms with Crippen molar-refractivity contribution in [3.8, 4) is 0 Å². The van der Waals surface area contributed by atoms with Crippen molar-refractivity contribution >= 4 is 13.6 Å². The summed E-state index contributed by atoms with van der Waals surface area (Å²) in [5, 5.41) is 8.99. The predicted octanol–water partition coefficient (Wildman–Crippen LogP) is 1.05. The van der Waals surface area contributed by atoms with Crippen LogP contribution in [0.25, 0.3) is 0 Å². The molecule has 0 fully saturated rings. The molecule has 0 saturated carbocycles. The van der Waals surface area contributed by atoms with Gasteiger partial charge in [-0.25, -0.2) is 0 Å². The third-order valence-electron chi connectivity index (χ3n) is 0.122. The second-order valence-corrected chi connectivity index (χ2v) is 0.434. The van der Waals surface area contributed by atoms with E-state index in [4.69, 9.17) is 10.1 Å². The summed E-state index contributed by atoms with van der Waals surface area (Å²) >= 11 is 4.25. The molecule has 0 saturated heterocycles. The summed E-state index contributed by atoms with van der Waals surface area (Å²) in [5.41, 5.74) is 0. The molecule has 0 bridgehead atoms. The van der Waals surface area contributed by atoms with E-state index >= 15 is 0 Å². The summed E-state index contributed by atoms with van der Waals surface area (Å²) in [7, 11) is 0. The fourth-order valence-corrected chi connectivity index (χ4v) is 0. The fraction of sp³-hybridized carbons (Fsp3) is 0. The first-order valence-electron chi connectivity index (χ1n) is 1.22. The zero-order valence-corrected chi connectivity index (χ0v) is 8.06. The molecule has 0 aromatic heterocycles. The Labute approximate surface area is 58.0 Å². The van der Waals surface area contributed by atoms with E-state index in [0.717, 1.165) is 0 Å². The van der Waals surface area contributed by atoms with Gasteiger partial charge in [-0.15, -0.1) is 0 Å². The molecule has 0 aromatic rings. The predicted molar refractivity (Wildman–Crippen MR) is 24.8 cm³/mol.